The molecule has 2 aliphatic rings. The Bertz CT molecular complexity index is 193. The topological polar surface area (TPSA) is 37.3 Å². The van der Waals surface area contributed by atoms with Crippen LogP contribution in [0.4, 0.5) is 0 Å². The van der Waals surface area contributed by atoms with Crippen molar-refractivity contribution in [3.05, 3.63) is 0 Å². The first-order valence-corrected chi connectivity index (χ1v) is 5.68. The van der Waals surface area contributed by atoms with Crippen molar-refractivity contribution in [2.75, 3.05) is 5.75 Å². The second kappa shape index (κ2) is 3.29. The Balaban J connectivity index is 2.05. The van der Waals surface area contributed by atoms with E-state index in [9.17, 15) is 4.79 Å². The van der Waals surface area contributed by atoms with Crippen LogP contribution in [-0.4, -0.2) is 22.1 Å². The molecular formula is C9H14O2S. The average Bonchev–Trinajstić information content (AvgIpc) is 2.47. The highest BCUT2D eigenvalue weighted by atomic mass is 32.2. The van der Waals surface area contributed by atoms with Crippen LogP contribution in [0.1, 0.15) is 25.7 Å². The van der Waals surface area contributed by atoms with Crippen LogP contribution in [0, 0.1) is 11.8 Å². The summed E-state index contributed by atoms with van der Waals surface area (Å²) in [4.78, 5) is 10.8. The van der Waals surface area contributed by atoms with E-state index in [1.165, 1.54) is 19.3 Å². The Labute approximate surface area is 76.7 Å². The maximum Gasteiger partial charge on any atom is 0.316 e. The van der Waals surface area contributed by atoms with E-state index in [0.29, 0.717) is 11.8 Å². The maximum atomic E-state index is 10.8. The normalized spacial score (nSPS) is 40.8. The van der Waals surface area contributed by atoms with Crippen LogP contribution in [0.3, 0.4) is 0 Å². The molecule has 1 aliphatic carbocycles. The second-order valence-corrected chi connectivity index (χ2v) is 4.98. The Morgan fingerprint density at radius 3 is 2.83 bits per heavy atom. The predicted molar refractivity (Wildman–Crippen MR) is 49.3 cm³/mol. The number of hydrogen-bond acceptors (Lipinski definition) is 2. The minimum Gasteiger partial charge on any atom is -0.480 e. The van der Waals surface area contributed by atoms with E-state index in [1.54, 1.807) is 11.8 Å². The van der Waals surface area contributed by atoms with Gasteiger partial charge in [-0.05, 0) is 30.4 Å². The molecule has 3 atom stereocenters. The molecule has 1 aliphatic heterocycles. The molecule has 0 bridgehead atoms. The number of hydrogen-bond donors (Lipinski definition) is 1. The molecule has 0 radical (unpaired) electrons. The van der Waals surface area contributed by atoms with E-state index >= 15 is 0 Å². The lowest BCUT2D eigenvalue weighted by molar-refractivity contribution is -0.137. The van der Waals surface area contributed by atoms with E-state index in [1.807, 2.05) is 0 Å². The fourth-order valence-electron chi connectivity index (χ4n) is 2.45. The van der Waals surface area contributed by atoms with Crippen LogP contribution < -0.4 is 0 Å². The Hall–Kier alpha value is -0.180. The number of fused-ring (bicyclic) bond motifs is 1. The highest BCUT2D eigenvalue weighted by molar-refractivity contribution is 8.00. The maximum absolute atomic E-state index is 10.8. The van der Waals surface area contributed by atoms with Crippen LogP contribution in [0.5, 0.6) is 0 Å². The number of aliphatic carboxylic acids is 1. The molecule has 0 amide bonds. The number of thioether (sulfide) groups is 1. The molecule has 1 saturated carbocycles. The Kier molecular flexibility index (Phi) is 2.31. The van der Waals surface area contributed by atoms with Gasteiger partial charge in [-0.2, -0.15) is 0 Å². The molecule has 0 unspecified atom stereocenters. The summed E-state index contributed by atoms with van der Waals surface area (Å²) in [7, 11) is 0. The van der Waals surface area contributed by atoms with E-state index in [4.69, 9.17) is 5.11 Å². The van der Waals surface area contributed by atoms with Gasteiger partial charge in [-0.1, -0.05) is 12.8 Å². The number of carboxylic acid groups (broad SMARTS) is 1. The summed E-state index contributed by atoms with van der Waals surface area (Å²) in [6.07, 6.45) is 4.97. The monoisotopic (exact) mass is 186 g/mol. The minimum absolute atomic E-state index is 0.0877. The van der Waals surface area contributed by atoms with Gasteiger partial charge in [-0.15, -0.1) is 11.8 Å². The summed E-state index contributed by atoms with van der Waals surface area (Å²) in [6.45, 7) is 0. The van der Waals surface area contributed by atoms with Gasteiger partial charge < -0.3 is 5.11 Å². The zero-order valence-corrected chi connectivity index (χ0v) is 7.85. The molecule has 0 spiro atoms. The minimum atomic E-state index is -0.589. The predicted octanol–water partition coefficient (Wildman–Crippen LogP) is 1.99. The molecule has 2 fully saturated rings. The third-order valence-corrected chi connectivity index (χ3v) is 4.62. The van der Waals surface area contributed by atoms with Gasteiger partial charge in [-0.3, -0.25) is 4.79 Å². The van der Waals surface area contributed by atoms with Crippen LogP contribution in [0.2, 0.25) is 0 Å². The van der Waals surface area contributed by atoms with Gasteiger partial charge in [-0.25, -0.2) is 0 Å². The summed E-state index contributed by atoms with van der Waals surface area (Å²) in [5.74, 6) is 1.70. The van der Waals surface area contributed by atoms with Gasteiger partial charge in [0.15, 0.2) is 0 Å². The van der Waals surface area contributed by atoms with Crippen LogP contribution >= 0.6 is 11.8 Å². The van der Waals surface area contributed by atoms with Crippen molar-refractivity contribution in [2.24, 2.45) is 11.8 Å². The van der Waals surface area contributed by atoms with E-state index in [-0.39, 0.29) is 5.25 Å². The summed E-state index contributed by atoms with van der Waals surface area (Å²) in [5, 5.41) is 8.84. The molecule has 0 aromatic heterocycles. The van der Waals surface area contributed by atoms with Crippen molar-refractivity contribution in [3.63, 3.8) is 0 Å². The molecule has 68 valence electrons. The first-order valence-electron chi connectivity index (χ1n) is 4.63. The van der Waals surface area contributed by atoms with Crippen LogP contribution in [0.25, 0.3) is 0 Å². The second-order valence-electron chi connectivity index (χ2n) is 3.80. The molecule has 2 rings (SSSR count). The average molecular weight is 186 g/mol. The van der Waals surface area contributed by atoms with Gasteiger partial charge in [0.2, 0.25) is 0 Å². The smallest absolute Gasteiger partial charge is 0.316 e. The molecule has 1 heterocycles. The molecule has 2 nitrogen and oxygen atoms in total. The summed E-state index contributed by atoms with van der Waals surface area (Å²) >= 11 is 1.66. The molecule has 1 N–H and O–H groups in total. The number of rotatable bonds is 1. The zero-order chi connectivity index (χ0) is 8.55. The van der Waals surface area contributed by atoms with Crippen molar-refractivity contribution < 1.29 is 9.90 Å². The lowest BCUT2D eigenvalue weighted by Gasteiger charge is -2.26. The van der Waals surface area contributed by atoms with Gasteiger partial charge in [0.25, 0.3) is 0 Å². The molecule has 1 saturated heterocycles. The lowest BCUT2D eigenvalue weighted by atomic mass is 9.79. The Morgan fingerprint density at radius 1 is 1.33 bits per heavy atom. The van der Waals surface area contributed by atoms with Crippen LogP contribution in [0.15, 0.2) is 0 Å². The van der Waals surface area contributed by atoms with E-state index in [2.05, 4.69) is 0 Å². The van der Waals surface area contributed by atoms with Crippen molar-refractivity contribution >= 4 is 17.7 Å². The summed E-state index contributed by atoms with van der Waals surface area (Å²) < 4.78 is 0. The molecular weight excluding hydrogens is 172 g/mol. The van der Waals surface area contributed by atoms with Crippen molar-refractivity contribution in [3.8, 4) is 0 Å². The third kappa shape index (κ3) is 1.35. The largest absolute Gasteiger partial charge is 0.480 e. The summed E-state index contributed by atoms with van der Waals surface area (Å²) in [5.41, 5.74) is 0. The van der Waals surface area contributed by atoms with Crippen molar-refractivity contribution in [1.82, 2.24) is 0 Å². The molecule has 12 heavy (non-hydrogen) atoms. The standard InChI is InChI=1S/C9H14O2S/c10-9(11)8-7-4-2-1-3-6(7)5-12-8/h6-8H,1-5H2,(H,10,11)/t6-,7-,8+/m0/s1. The highest BCUT2D eigenvalue weighted by Gasteiger charge is 2.41. The summed E-state index contributed by atoms with van der Waals surface area (Å²) in [6, 6.07) is 0. The van der Waals surface area contributed by atoms with Gasteiger partial charge in [0.1, 0.15) is 5.25 Å². The first kappa shape index (κ1) is 8.42. The molecule has 0 aromatic rings. The molecule has 0 aromatic carbocycles. The highest BCUT2D eigenvalue weighted by Crippen LogP contribution is 2.45. The SMILES string of the molecule is O=C(O)[C@@H]1SC[C@@H]2CCCC[C@@H]21. The first-order chi connectivity index (χ1) is 5.79. The number of carbonyl (C=O) groups is 1. The van der Waals surface area contributed by atoms with Gasteiger partial charge in [0.05, 0.1) is 0 Å². The fraction of sp³-hybridized carbons (Fsp3) is 0.889. The van der Waals surface area contributed by atoms with Crippen LogP contribution in [-0.2, 0) is 4.79 Å². The lowest BCUT2D eigenvalue weighted by Crippen LogP contribution is -2.28. The third-order valence-electron chi connectivity index (χ3n) is 3.09. The van der Waals surface area contributed by atoms with Crippen molar-refractivity contribution in [2.45, 2.75) is 30.9 Å². The van der Waals surface area contributed by atoms with Gasteiger partial charge in [0, 0.05) is 0 Å². The van der Waals surface area contributed by atoms with E-state index < -0.39 is 5.97 Å². The number of carboxylic acids is 1. The van der Waals surface area contributed by atoms with Crippen molar-refractivity contribution in [1.29, 1.82) is 0 Å². The van der Waals surface area contributed by atoms with E-state index in [0.717, 1.165) is 12.2 Å². The molecule has 3 heteroatoms. The fourth-order valence-corrected chi connectivity index (χ4v) is 4.06. The Morgan fingerprint density at radius 2 is 2.08 bits per heavy atom. The quantitative estimate of drug-likeness (QED) is 0.680. The van der Waals surface area contributed by atoms with Gasteiger partial charge >= 0.3 is 5.97 Å². The zero-order valence-electron chi connectivity index (χ0n) is 7.03.